The molecule has 3 fully saturated rings. The number of carbonyl (C=O) groups excluding carboxylic acids is 1. The maximum atomic E-state index is 12.4. The zero-order valence-corrected chi connectivity index (χ0v) is 24.8. The Morgan fingerprint density at radius 3 is 2.58 bits per heavy atom. The number of ether oxygens (including phenoxy) is 1. The summed E-state index contributed by atoms with van der Waals surface area (Å²) in [5.74, 6) is 3.69. The van der Waals surface area contributed by atoms with Gasteiger partial charge in [-0.1, -0.05) is 72.3 Å². The normalized spacial score (nSPS) is 27.4. The molecule has 3 aromatic rings. The van der Waals surface area contributed by atoms with Gasteiger partial charge in [-0.25, -0.2) is 4.79 Å². The molecule has 0 radical (unpaired) electrons. The van der Waals surface area contributed by atoms with E-state index in [9.17, 15) is 4.79 Å². The van der Waals surface area contributed by atoms with Crippen LogP contribution in [-0.2, 0) is 17.8 Å². The van der Waals surface area contributed by atoms with Crippen LogP contribution in [0.15, 0.2) is 66.7 Å². The predicted molar refractivity (Wildman–Crippen MR) is 164 cm³/mol. The first-order valence-electron chi connectivity index (χ1n) is 14.9. The van der Waals surface area contributed by atoms with Crippen LogP contribution in [0.2, 0.25) is 5.02 Å². The highest BCUT2D eigenvalue weighted by Crippen LogP contribution is 2.65. The monoisotopic (exact) mass is 572 g/mol. The average molecular weight is 573 g/mol. The fourth-order valence-corrected chi connectivity index (χ4v) is 8.49. The van der Waals surface area contributed by atoms with Crippen molar-refractivity contribution in [2.75, 3.05) is 19.6 Å². The molecular formula is C34H38ClN2O2P. The van der Waals surface area contributed by atoms with Gasteiger partial charge in [0.15, 0.2) is 0 Å². The summed E-state index contributed by atoms with van der Waals surface area (Å²) >= 11 is 6.19. The molecule has 1 N–H and O–H groups in total. The van der Waals surface area contributed by atoms with E-state index in [1.807, 2.05) is 24.3 Å². The largest absolute Gasteiger partial charge is 0.445 e. The van der Waals surface area contributed by atoms with Gasteiger partial charge in [-0.2, -0.15) is 0 Å². The average Bonchev–Trinajstić information content (AvgIpc) is 3.77. The van der Waals surface area contributed by atoms with Crippen molar-refractivity contribution in [3.63, 3.8) is 0 Å². The molecule has 1 heterocycles. The van der Waals surface area contributed by atoms with Crippen LogP contribution in [0.25, 0.3) is 0 Å². The molecule has 1 saturated heterocycles. The summed E-state index contributed by atoms with van der Waals surface area (Å²) < 4.78 is 5.45. The first kappa shape index (κ1) is 26.5. The summed E-state index contributed by atoms with van der Waals surface area (Å²) in [6, 6.07) is 24.0. The highest BCUT2D eigenvalue weighted by molar-refractivity contribution is 7.27. The molecule has 0 spiro atoms. The minimum atomic E-state index is -0.349. The number of likely N-dealkylation sites (tertiary alicyclic amines) is 1. The van der Waals surface area contributed by atoms with Crippen LogP contribution in [0.3, 0.4) is 0 Å². The van der Waals surface area contributed by atoms with Crippen molar-refractivity contribution >= 4 is 32.2 Å². The Kier molecular flexibility index (Phi) is 7.37. The van der Waals surface area contributed by atoms with E-state index in [-0.39, 0.29) is 18.7 Å². The Morgan fingerprint density at radius 2 is 1.73 bits per heavy atom. The van der Waals surface area contributed by atoms with E-state index in [1.165, 1.54) is 35.8 Å². The van der Waals surface area contributed by atoms with E-state index in [0.29, 0.717) is 16.9 Å². The number of alkyl carbamates (subject to hydrolysis) is 1. The van der Waals surface area contributed by atoms with Gasteiger partial charge in [-0.05, 0) is 95.3 Å². The number of carbonyl (C=O) groups is 1. The molecule has 3 aliphatic carbocycles. The van der Waals surface area contributed by atoms with Crippen molar-refractivity contribution in [1.29, 1.82) is 0 Å². The van der Waals surface area contributed by atoms with E-state index >= 15 is 0 Å². The molecule has 3 aromatic carbocycles. The second kappa shape index (κ2) is 11.1. The highest BCUT2D eigenvalue weighted by atomic mass is 35.5. The van der Waals surface area contributed by atoms with Crippen LogP contribution < -0.4 is 10.6 Å². The summed E-state index contributed by atoms with van der Waals surface area (Å²) in [4.78, 5) is 15.1. The predicted octanol–water partition coefficient (Wildman–Crippen LogP) is 6.66. The molecule has 0 bridgehead atoms. The van der Waals surface area contributed by atoms with Crippen molar-refractivity contribution in [2.24, 2.45) is 17.8 Å². The van der Waals surface area contributed by atoms with Gasteiger partial charge < -0.3 is 15.0 Å². The maximum Gasteiger partial charge on any atom is 0.407 e. The number of benzene rings is 3. The van der Waals surface area contributed by atoms with Crippen LogP contribution in [0.1, 0.15) is 65.3 Å². The fraction of sp³-hybridized carbons (Fsp3) is 0.441. The lowest BCUT2D eigenvalue weighted by atomic mass is 9.68. The molecular weight excluding hydrogens is 535 g/mol. The minimum absolute atomic E-state index is 0.172. The lowest BCUT2D eigenvalue weighted by Gasteiger charge is -2.40. The van der Waals surface area contributed by atoms with Gasteiger partial charge in [-0.3, -0.25) is 0 Å². The van der Waals surface area contributed by atoms with E-state index in [4.69, 9.17) is 16.3 Å². The lowest BCUT2D eigenvalue weighted by molar-refractivity contribution is 0.117. The minimum Gasteiger partial charge on any atom is -0.445 e. The molecule has 1 amide bonds. The van der Waals surface area contributed by atoms with Crippen molar-refractivity contribution in [1.82, 2.24) is 10.2 Å². The molecule has 0 aromatic heterocycles. The number of nitrogens with zero attached hydrogens (tertiary/aromatic N) is 1. The number of fused-ring (bicyclic) bond motifs is 7. The molecule has 4 nitrogen and oxygen atoms in total. The van der Waals surface area contributed by atoms with Gasteiger partial charge in [0, 0.05) is 36.3 Å². The van der Waals surface area contributed by atoms with E-state index in [0.717, 1.165) is 55.7 Å². The summed E-state index contributed by atoms with van der Waals surface area (Å²) in [6.45, 7) is 3.45. The molecule has 4 aliphatic rings. The van der Waals surface area contributed by atoms with Gasteiger partial charge in [-0.15, -0.1) is 9.24 Å². The first-order chi connectivity index (χ1) is 19.5. The van der Waals surface area contributed by atoms with Crippen molar-refractivity contribution in [3.05, 3.63) is 99.6 Å². The summed E-state index contributed by atoms with van der Waals surface area (Å²) in [5, 5.41) is 5.02. The van der Waals surface area contributed by atoms with Crippen LogP contribution in [-0.4, -0.2) is 36.7 Å². The third-order valence-corrected chi connectivity index (χ3v) is 10.8. The number of amides is 1. The molecule has 2 unspecified atom stereocenters. The summed E-state index contributed by atoms with van der Waals surface area (Å²) in [6.07, 6.45) is 5.33. The number of rotatable bonds is 5. The maximum absolute atomic E-state index is 12.4. The molecule has 40 heavy (non-hydrogen) atoms. The first-order valence-corrected chi connectivity index (χ1v) is 15.8. The van der Waals surface area contributed by atoms with E-state index < -0.39 is 0 Å². The summed E-state index contributed by atoms with van der Waals surface area (Å²) in [7, 11) is 2.93. The number of halogens is 1. The van der Waals surface area contributed by atoms with Crippen LogP contribution in [0.5, 0.6) is 0 Å². The highest BCUT2D eigenvalue weighted by Gasteiger charge is 2.56. The van der Waals surface area contributed by atoms with Crippen molar-refractivity contribution in [3.8, 4) is 0 Å². The molecule has 1 aliphatic heterocycles. The summed E-state index contributed by atoms with van der Waals surface area (Å²) in [5.41, 5.74) is 7.11. The van der Waals surface area contributed by atoms with Crippen LogP contribution in [0, 0.1) is 17.8 Å². The third kappa shape index (κ3) is 5.31. The van der Waals surface area contributed by atoms with Crippen LogP contribution >= 0.6 is 20.8 Å². The van der Waals surface area contributed by atoms with E-state index in [1.54, 1.807) is 11.1 Å². The molecule has 7 rings (SSSR count). The Bertz CT molecular complexity index is 1400. The van der Waals surface area contributed by atoms with Gasteiger partial charge in [0.25, 0.3) is 0 Å². The number of hydrogen-bond donors (Lipinski definition) is 1. The SMILES string of the molecule is O=C(NC1CCN(C[C@@H]2C[C@@H]3c4ccccc4Cc4ccc(P)cc4[C@@H]3[C@@H]3CC23)CC1)OCc1ccccc1Cl. The van der Waals surface area contributed by atoms with E-state index in [2.05, 4.69) is 61.9 Å². The molecule has 2 saturated carbocycles. The Balaban J connectivity index is 0.973. The standard InChI is InChI=1S/C34H38ClN2O2P/c35-32-8-4-2-6-23(32)20-39-34(38)36-25-11-13-37(14-12-25)19-24-16-30-27-7-3-1-5-21(27)15-22-9-10-26(40)17-29(22)33(30)31-18-28(24)31/h1-10,17,24-25,28,30-31,33H,11-16,18-20,40H2,(H,36,38)/t24-,28?,30+,31+,33-/m0/s1. The van der Waals surface area contributed by atoms with Crippen LogP contribution in [0.4, 0.5) is 4.79 Å². The Morgan fingerprint density at radius 1 is 0.950 bits per heavy atom. The number of nitrogens with one attached hydrogen (secondary N) is 1. The molecule has 208 valence electrons. The van der Waals surface area contributed by atoms with Gasteiger partial charge in [0.2, 0.25) is 0 Å². The second-order valence-electron chi connectivity index (χ2n) is 12.4. The Labute approximate surface area is 245 Å². The topological polar surface area (TPSA) is 41.6 Å². The number of hydrogen-bond acceptors (Lipinski definition) is 3. The number of piperidine rings is 1. The zero-order chi connectivity index (χ0) is 27.2. The fourth-order valence-electron chi connectivity index (χ4n) is 8.02. The molecule has 6 atom stereocenters. The smallest absolute Gasteiger partial charge is 0.407 e. The van der Waals surface area contributed by atoms with Gasteiger partial charge >= 0.3 is 6.09 Å². The molecule has 6 heteroatoms. The van der Waals surface area contributed by atoms with Crippen molar-refractivity contribution < 1.29 is 9.53 Å². The Hall–Kier alpha value is -2.39. The lowest BCUT2D eigenvalue weighted by Crippen LogP contribution is -2.46. The van der Waals surface area contributed by atoms with Gasteiger partial charge in [0.05, 0.1) is 0 Å². The zero-order valence-electron chi connectivity index (χ0n) is 22.9. The quantitative estimate of drug-likeness (QED) is 0.348. The van der Waals surface area contributed by atoms with Crippen molar-refractivity contribution in [2.45, 2.75) is 56.6 Å². The second-order valence-corrected chi connectivity index (χ2v) is 13.5. The van der Waals surface area contributed by atoms with Gasteiger partial charge in [0.1, 0.15) is 6.61 Å². The third-order valence-electron chi connectivity index (χ3n) is 10.0.